The summed E-state index contributed by atoms with van der Waals surface area (Å²) in [6, 6.07) is 6.66. The molecule has 0 spiro atoms. The van der Waals surface area contributed by atoms with E-state index in [0.29, 0.717) is 0 Å². The second-order valence-corrected chi connectivity index (χ2v) is 6.14. The summed E-state index contributed by atoms with van der Waals surface area (Å²) in [6.45, 7) is 0. The predicted molar refractivity (Wildman–Crippen MR) is 70.7 cm³/mol. The van der Waals surface area contributed by atoms with Crippen LogP contribution < -0.4 is 0 Å². The van der Waals surface area contributed by atoms with Crippen LogP contribution in [0, 0.1) is 0 Å². The van der Waals surface area contributed by atoms with Crippen LogP contribution in [0.3, 0.4) is 0 Å². The Hall–Kier alpha value is -0.340. The largest absolute Gasteiger partial charge is 0.143 e. The van der Waals surface area contributed by atoms with E-state index in [2.05, 4.69) is 39.5 Å². The van der Waals surface area contributed by atoms with Gasteiger partial charge in [-0.3, -0.25) is 0 Å². The van der Waals surface area contributed by atoms with Gasteiger partial charge in [-0.2, -0.15) is 0 Å². The first-order chi connectivity index (χ1) is 7.34. The summed E-state index contributed by atoms with van der Waals surface area (Å²) < 4.78 is 2.61. The first kappa shape index (κ1) is 9.86. The topological polar surface area (TPSA) is 0 Å². The summed E-state index contributed by atoms with van der Waals surface area (Å²) in [5.41, 5.74) is 1.60. The van der Waals surface area contributed by atoms with Crippen molar-refractivity contribution in [2.75, 3.05) is 0 Å². The molecule has 0 saturated heterocycles. The van der Waals surface area contributed by atoms with Gasteiger partial charge in [0.1, 0.15) is 0 Å². The molecule has 0 radical (unpaired) electrons. The monoisotopic (exact) mass is 280 g/mol. The first-order valence-electron chi connectivity index (χ1n) is 5.51. The van der Waals surface area contributed by atoms with Crippen LogP contribution in [0.15, 0.2) is 28.1 Å². The minimum absolute atomic E-state index is 0.833. The highest BCUT2D eigenvalue weighted by molar-refractivity contribution is 9.10. The lowest BCUT2D eigenvalue weighted by molar-refractivity contribution is 0.732. The third-order valence-electron chi connectivity index (χ3n) is 3.36. The van der Waals surface area contributed by atoms with Crippen molar-refractivity contribution < 1.29 is 0 Å². The van der Waals surface area contributed by atoms with Crippen molar-refractivity contribution in [1.82, 2.24) is 0 Å². The van der Waals surface area contributed by atoms with Crippen molar-refractivity contribution in [2.45, 2.75) is 31.6 Å². The molecule has 0 unspecified atom stereocenters. The third kappa shape index (κ3) is 1.74. The number of fused-ring (bicyclic) bond motifs is 1. The maximum atomic E-state index is 3.53. The van der Waals surface area contributed by atoms with Gasteiger partial charge in [-0.05, 0) is 47.2 Å². The molecule has 0 aliphatic heterocycles. The lowest BCUT2D eigenvalue weighted by Crippen LogP contribution is -1.89. The molecule has 3 rings (SSSR count). The van der Waals surface area contributed by atoms with Crippen LogP contribution >= 0.6 is 27.3 Å². The fraction of sp³-hybridized carbons (Fsp3) is 0.385. The second kappa shape index (κ2) is 3.91. The molecular weight excluding hydrogens is 268 g/mol. The van der Waals surface area contributed by atoms with E-state index in [4.69, 9.17) is 0 Å². The number of rotatable bonds is 1. The Labute approximate surface area is 102 Å². The standard InChI is InChI=1S/C13H13BrS/c14-10-5-6-11-12(8-15-13(11)7-10)9-3-1-2-4-9/h5-9H,1-4H2. The number of benzene rings is 1. The quantitative estimate of drug-likeness (QED) is 0.663. The highest BCUT2D eigenvalue weighted by Gasteiger charge is 2.19. The molecule has 1 saturated carbocycles. The van der Waals surface area contributed by atoms with Crippen molar-refractivity contribution in [1.29, 1.82) is 0 Å². The van der Waals surface area contributed by atoms with Crippen LogP contribution in [0.5, 0.6) is 0 Å². The molecule has 1 fully saturated rings. The highest BCUT2D eigenvalue weighted by atomic mass is 79.9. The second-order valence-electron chi connectivity index (χ2n) is 4.31. The van der Waals surface area contributed by atoms with Crippen molar-refractivity contribution in [3.8, 4) is 0 Å². The summed E-state index contributed by atoms with van der Waals surface area (Å²) in [5, 5.41) is 3.85. The number of halogens is 1. The van der Waals surface area contributed by atoms with Crippen LogP contribution in [0.1, 0.15) is 37.2 Å². The van der Waals surface area contributed by atoms with E-state index < -0.39 is 0 Å². The molecule has 1 aliphatic rings. The van der Waals surface area contributed by atoms with Crippen LogP contribution in [0.2, 0.25) is 0 Å². The van der Waals surface area contributed by atoms with E-state index >= 15 is 0 Å². The Morgan fingerprint density at radius 2 is 2.00 bits per heavy atom. The Balaban J connectivity index is 2.11. The average Bonchev–Trinajstić information content (AvgIpc) is 2.82. The predicted octanol–water partition coefficient (Wildman–Crippen LogP) is 5.32. The molecule has 0 nitrogen and oxygen atoms in total. The molecule has 0 bridgehead atoms. The van der Waals surface area contributed by atoms with E-state index in [-0.39, 0.29) is 0 Å². The molecule has 1 heterocycles. The minimum Gasteiger partial charge on any atom is -0.143 e. The van der Waals surface area contributed by atoms with Crippen molar-refractivity contribution >= 4 is 37.4 Å². The fourth-order valence-corrected chi connectivity index (χ4v) is 4.17. The van der Waals surface area contributed by atoms with Crippen molar-refractivity contribution in [2.24, 2.45) is 0 Å². The summed E-state index contributed by atoms with van der Waals surface area (Å²) >= 11 is 5.42. The molecular formula is C13H13BrS. The Morgan fingerprint density at radius 3 is 2.80 bits per heavy atom. The molecule has 2 heteroatoms. The van der Waals surface area contributed by atoms with Crippen LogP contribution in [0.4, 0.5) is 0 Å². The van der Waals surface area contributed by atoms with Crippen molar-refractivity contribution in [3.05, 3.63) is 33.6 Å². The molecule has 0 amide bonds. The number of thiophene rings is 1. The Kier molecular flexibility index (Phi) is 2.57. The van der Waals surface area contributed by atoms with Gasteiger partial charge in [0.05, 0.1) is 0 Å². The van der Waals surface area contributed by atoms with Gasteiger partial charge < -0.3 is 0 Å². The van der Waals surface area contributed by atoms with E-state index in [1.165, 1.54) is 40.2 Å². The van der Waals surface area contributed by atoms with Gasteiger partial charge in [0.15, 0.2) is 0 Å². The molecule has 78 valence electrons. The van der Waals surface area contributed by atoms with Gasteiger partial charge in [0, 0.05) is 9.17 Å². The van der Waals surface area contributed by atoms with Crippen molar-refractivity contribution in [3.63, 3.8) is 0 Å². The molecule has 1 aliphatic carbocycles. The van der Waals surface area contributed by atoms with Crippen LogP contribution in [0.25, 0.3) is 10.1 Å². The SMILES string of the molecule is Brc1ccc2c(C3CCCC3)csc2c1. The lowest BCUT2D eigenvalue weighted by Gasteiger charge is -2.07. The first-order valence-corrected chi connectivity index (χ1v) is 7.18. The maximum absolute atomic E-state index is 3.53. The third-order valence-corrected chi connectivity index (χ3v) is 4.82. The maximum Gasteiger partial charge on any atom is 0.0356 e. The summed E-state index contributed by atoms with van der Waals surface area (Å²) in [4.78, 5) is 0. The zero-order chi connectivity index (χ0) is 10.3. The van der Waals surface area contributed by atoms with Gasteiger partial charge >= 0.3 is 0 Å². The van der Waals surface area contributed by atoms with Gasteiger partial charge in [0.25, 0.3) is 0 Å². The lowest BCUT2D eigenvalue weighted by atomic mass is 9.97. The molecule has 1 aromatic heterocycles. The van der Waals surface area contributed by atoms with Gasteiger partial charge in [0.2, 0.25) is 0 Å². The van der Waals surface area contributed by atoms with Gasteiger partial charge in [-0.15, -0.1) is 11.3 Å². The summed E-state index contributed by atoms with van der Waals surface area (Å²) in [7, 11) is 0. The smallest absolute Gasteiger partial charge is 0.0356 e. The minimum atomic E-state index is 0.833. The summed E-state index contributed by atoms with van der Waals surface area (Å²) in [6.07, 6.45) is 5.61. The zero-order valence-electron chi connectivity index (χ0n) is 8.50. The number of hydrogen-bond donors (Lipinski definition) is 0. The Morgan fingerprint density at radius 1 is 1.20 bits per heavy atom. The van der Waals surface area contributed by atoms with Gasteiger partial charge in [-0.1, -0.05) is 34.8 Å². The van der Waals surface area contributed by atoms with E-state index in [0.717, 1.165) is 5.92 Å². The normalized spacial score (nSPS) is 17.7. The average molecular weight is 281 g/mol. The summed E-state index contributed by atoms with van der Waals surface area (Å²) in [5.74, 6) is 0.833. The fourth-order valence-electron chi connectivity index (χ4n) is 2.58. The highest BCUT2D eigenvalue weighted by Crippen LogP contribution is 2.40. The number of hydrogen-bond acceptors (Lipinski definition) is 1. The molecule has 2 aromatic rings. The Bertz CT molecular complexity index is 480. The molecule has 0 atom stereocenters. The zero-order valence-corrected chi connectivity index (χ0v) is 10.9. The molecule has 0 N–H and O–H groups in total. The van der Waals surface area contributed by atoms with Gasteiger partial charge in [-0.25, -0.2) is 0 Å². The molecule has 15 heavy (non-hydrogen) atoms. The molecule has 1 aromatic carbocycles. The van der Waals surface area contributed by atoms with Crippen LogP contribution in [-0.2, 0) is 0 Å². The van der Waals surface area contributed by atoms with E-state index in [1.54, 1.807) is 5.56 Å². The van der Waals surface area contributed by atoms with E-state index in [1.807, 2.05) is 11.3 Å². The van der Waals surface area contributed by atoms with E-state index in [9.17, 15) is 0 Å². The van der Waals surface area contributed by atoms with Crippen LogP contribution in [-0.4, -0.2) is 0 Å².